The first-order valence-electron chi connectivity index (χ1n) is 13.9. The number of aliphatic hydroxyl groups excluding tert-OH is 1. The van der Waals surface area contributed by atoms with Crippen LogP contribution in [0.3, 0.4) is 0 Å². The van der Waals surface area contributed by atoms with Crippen molar-refractivity contribution in [3.8, 4) is 0 Å². The Morgan fingerprint density at radius 2 is 1.67 bits per heavy atom. The molecule has 0 radical (unpaired) electrons. The number of benzene rings is 2. The van der Waals surface area contributed by atoms with E-state index in [1.54, 1.807) is 19.1 Å². The number of halogens is 3. The summed E-state index contributed by atoms with van der Waals surface area (Å²) in [6, 6.07) is 12.0. The summed E-state index contributed by atoms with van der Waals surface area (Å²) in [5.41, 5.74) is -0.274. The number of fused-ring (bicyclic) bond motifs is 1. The van der Waals surface area contributed by atoms with Gasteiger partial charge in [-0.2, -0.15) is 4.31 Å². The minimum absolute atomic E-state index is 0.0395. The van der Waals surface area contributed by atoms with Gasteiger partial charge in [-0.1, -0.05) is 51.3 Å². The molecule has 3 aromatic rings. The number of hydrogen-bond acceptors (Lipinski definition) is 8. The largest absolute Gasteiger partial charge is 0.451 e. The number of imidazole rings is 1. The normalized spacial score (nSPS) is 20.2. The first-order chi connectivity index (χ1) is 21.1. The lowest BCUT2D eigenvalue weighted by Gasteiger charge is -2.35. The first kappa shape index (κ1) is 33.4. The van der Waals surface area contributed by atoms with Gasteiger partial charge in [0.15, 0.2) is 11.1 Å². The average Bonchev–Trinajstić information content (AvgIpc) is 3.51. The molecule has 2 aliphatic rings. The molecule has 1 saturated heterocycles. The van der Waals surface area contributed by atoms with E-state index < -0.39 is 45.6 Å². The van der Waals surface area contributed by atoms with Crippen molar-refractivity contribution in [2.45, 2.75) is 50.0 Å². The number of esters is 1. The van der Waals surface area contributed by atoms with Crippen LogP contribution in [0.4, 0.5) is 11.6 Å². The van der Waals surface area contributed by atoms with E-state index in [0.717, 1.165) is 10.0 Å². The number of carbonyl (C=O) groups is 3. The number of amides is 2. The van der Waals surface area contributed by atoms with Gasteiger partial charge in [0.2, 0.25) is 5.95 Å². The molecule has 16 heteroatoms. The van der Waals surface area contributed by atoms with Gasteiger partial charge in [-0.25, -0.2) is 23.1 Å². The highest BCUT2D eigenvalue weighted by Gasteiger charge is 2.52. The quantitative estimate of drug-likeness (QED) is 0.345. The van der Waals surface area contributed by atoms with E-state index in [4.69, 9.17) is 27.9 Å². The number of anilines is 2. The summed E-state index contributed by atoms with van der Waals surface area (Å²) in [5, 5.41) is 9.78. The molecule has 0 bridgehead atoms. The molecule has 2 aliphatic heterocycles. The molecule has 1 aromatic heterocycles. The molecular weight excluding hydrogens is 713 g/mol. The average molecular weight is 743 g/mol. The van der Waals surface area contributed by atoms with Gasteiger partial charge in [0.1, 0.15) is 11.6 Å². The standard InChI is InChI=1S/C29H30BrCl2N5O7S/c1-17(38)26(40)44-18(2)25(39)34-8-10-35(11-9-34)45(42,43)24-16-33-28-36(23-13-21(31)12-22(32)14-23)27(41)29(3,37(24)28)15-19-4-6-20(30)7-5-19/h4-7,12-14,16-18,38H,8-11,15H2,1-3H3/t17-,18-,29+/m0/s1. The highest BCUT2D eigenvalue weighted by Crippen LogP contribution is 2.45. The van der Waals surface area contributed by atoms with Gasteiger partial charge in [-0.05, 0) is 56.7 Å². The van der Waals surface area contributed by atoms with Gasteiger partial charge in [-0.15, -0.1) is 0 Å². The third kappa shape index (κ3) is 6.36. The topological polar surface area (TPSA) is 142 Å². The van der Waals surface area contributed by atoms with Crippen LogP contribution in [0.25, 0.3) is 0 Å². The van der Waals surface area contributed by atoms with Crippen molar-refractivity contribution < 1.29 is 32.6 Å². The van der Waals surface area contributed by atoms with E-state index in [-0.39, 0.29) is 43.6 Å². The molecule has 2 aromatic carbocycles. The van der Waals surface area contributed by atoms with Crippen LogP contribution < -0.4 is 4.90 Å². The second kappa shape index (κ2) is 12.6. The lowest BCUT2D eigenvalue weighted by Crippen LogP contribution is -2.53. The monoisotopic (exact) mass is 741 g/mol. The van der Waals surface area contributed by atoms with Crippen molar-refractivity contribution in [1.82, 2.24) is 18.8 Å². The zero-order chi connectivity index (χ0) is 32.8. The van der Waals surface area contributed by atoms with Crippen LogP contribution in [-0.4, -0.2) is 88.5 Å². The Labute approximate surface area is 278 Å². The van der Waals surface area contributed by atoms with E-state index in [0.29, 0.717) is 15.7 Å². The summed E-state index contributed by atoms with van der Waals surface area (Å²) in [5.74, 6) is -1.75. The second-order valence-electron chi connectivity index (χ2n) is 11.1. The van der Waals surface area contributed by atoms with Crippen molar-refractivity contribution in [2.24, 2.45) is 0 Å². The molecule has 1 N–H and O–H groups in total. The Bertz CT molecular complexity index is 1740. The third-order valence-electron chi connectivity index (χ3n) is 7.77. The number of carbonyl (C=O) groups excluding carboxylic acids is 3. The smallest absolute Gasteiger partial charge is 0.335 e. The highest BCUT2D eigenvalue weighted by molar-refractivity contribution is 9.10. The van der Waals surface area contributed by atoms with E-state index >= 15 is 0 Å². The van der Waals surface area contributed by atoms with Crippen LogP contribution in [0, 0.1) is 0 Å². The number of rotatable bonds is 8. The molecule has 0 aliphatic carbocycles. The molecule has 45 heavy (non-hydrogen) atoms. The van der Waals surface area contributed by atoms with Crippen molar-refractivity contribution in [2.75, 3.05) is 31.1 Å². The summed E-state index contributed by atoms with van der Waals surface area (Å²) < 4.78 is 36.9. The number of sulfonamides is 1. The Hall–Kier alpha value is -3.01. The molecule has 1 fully saturated rings. The summed E-state index contributed by atoms with van der Waals surface area (Å²) >= 11 is 16.0. The molecule has 2 amide bonds. The Balaban J connectivity index is 1.47. The van der Waals surface area contributed by atoms with Crippen molar-refractivity contribution in [3.05, 3.63) is 68.7 Å². The van der Waals surface area contributed by atoms with Crippen molar-refractivity contribution >= 4 is 78.6 Å². The number of aromatic nitrogens is 2. The molecule has 12 nitrogen and oxygen atoms in total. The molecule has 3 heterocycles. The zero-order valence-corrected chi connectivity index (χ0v) is 28.4. The van der Waals surface area contributed by atoms with Crippen LogP contribution >= 0.6 is 39.1 Å². The van der Waals surface area contributed by atoms with Gasteiger partial charge in [-0.3, -0.25) is 14.2 Å². The number of piperazine rings is 1. The second-order valence-corrected chi connectivity index (χ2v) is 14.7. The number of aliphatic hydroxyl groups is 1. The zero-order valence-electron chi connectivity index (χ0n) is 24.5. The molecule has 5 rings (SSSR count). The summed E-state index contributed by atoms with van der Waals surface area (Å²) in [4.78, 5) is 46.0. The van der Waals surface area contributed by atoms with Crippen molar-refractivity contribution in [1.29, 1.82) is 0 Å². The Morgan fingerprint density at radius 1 is 1.07 bits per heavy atom. The number of hydrogen-bond donors (Lipinski definition) is 1. The predicted molar refractivity (Wildman–Crippen MR) is 170 cm³/mol. The first-order valence-corrected chi connectivity index (χ1v) is 16.9. The van der Waals surface area contributed by atoms with Crippen LogP contribution in [-0.2, 0) is 41.1 Å². The fourth-order valence-corrected chi connectivity index (χ4v) is 7.86. The van der Waals surface area contributed by atoms with E-state index in [9.17, 15) is 27.9 Å². The third-order valence-corrected chi connectivity index (χ3v) is 10.6. The van der Waals surface area contributed by atoms with E-state index in [2.05, 4.69) is 20.9 Å². The molecular formula is C29H30BrCl2N5O7S. The molecule has 0 saturated carbocycles. The summed E-state index contributed by atoms with van der Waals surface area (Å²) in [6.07, 6.45) is -1.15. The fraction of sp³-hybridized carbons (Fsp3) is 0.379. The maximum Gasteiger partial charge on any atom is 0.335 e. The van der Waals surface area contributed by atoms with Crippen LogP contribution in [0.2, 0.25) is 10.0 Å². The van der Waals surface area contributed by atoms with Crippen LogP contribution in [0.15, 0.2) is 58.2 Å². The summed E-state index contributed by atoms with van der Waals surface area (Å²) in [6.45, 7) is 4.28. The molecule has 0 spiro atoms. The SMILES string of the molecule is C[C@H](O)C(=O)O[C@@H](C)C(=O)N1CCN(S(=O)(=O)c2cnc3n2[C@](C)(Cc2ccc(Br)cc2)C(=O)N3c2cc(Cl)cc(Cl)c2)CC1. The molecule has 3 atom stereocenters. The highest BCUT2D eigenvalue weighted by atomic mass is 79.9. The Kier molecular flexibility index (Phi) is 9.38. The van der Waals surface area contributed by atoms with Gasteiger partial charge in [0.05, 0.1) is 11.9 Å². The molecule has 240 valence electrons. The van der Waals surface area contributed by atoms with Gasteiger partial charge < -0.3 is 14.7 Å². The summed E-state index contributed by atoms with van der Waals surface area (Å²) in [7, 11) is -4.22. The van der Waals surface area contributed by atoms with E-state index in [1.165, 1.54) is 44.8 Å². The molecule has 0 unspecified atom stereocenters. The van der Waals surface area contributed by atoms with Crippen LogP contribution in [0.5, 0.6) is 0 Å². The number of ether oxygens (including phenoxy) is 1. The van der Waals surface area contributed by atoms with E-state index in [1.807, 2.05) is 24.3 Å². The lowest BCUT2D eigenvalue weighted by molar-refractivity contribution is -0.165. The maximum atomic E-state index is 14.3. The maximum absolute atomic E-state index is 14.3. The minimum Gasteiger partial charge on any atom is -0.451 e. The minimum atomic E-state index is -4.22. The predicted octanol–water partition coefficient (Wildman–Crippen LogP) is 3.73. The lowest BCUT2D eigenvalue weighted by atomic mass is 9.92. The van der Waals surface area contributed by atoms with Gasteiger partial charge in [0.25, 0.3) is 21.8 Å². The fourth-order valence-electron chi connectivity index (χ4n) is 5.47. The Morgan fingerprint density at radius 3 is 2.24 bits per heavy atom. The van der Waals surface area contributed by atoms with Gasteiger partial charge >= 0.3 is 5.97 Å². The number of nitrogens with zero attached hydrogens (tertiary/aromatic N) is 5. The van der Waals surface area contributed by atoms with Crippen molar-refractivity contribution in [3.63, 3.8) is 0 Å². The van der Waals surface area contributed by atoms with Crippen LogP contribution in [0.1, 0.15) is 26.3 Å². The van der Waals surface area contributed by atoms with Gasteiger partial charge in [0, 0.05) is 47.1 Å².